The number of hydrogen-bond acceptors (Lipinski definition) is 3. The van der Waals surface area contributed by atoms with E-state index in [0.717, 1.165) is 23.1 Å². The monoisotopic (exact) mass is 285 g/mol. The second-order valence-corrected chi connectivity index (χ2v) is 4.81. The number of benzene rings is 1. The minimum atomic E-state index is -0.451. The molecule has 2 N–H and O–H groups in total. The summed E-state index contributed by atoms with van der Waals surface area (Å²) in [6.07, 6.45) is 1.50. The zero-order chi connectivity index (χ0) is 15.2. The number of carbonyl (C=O) groups excluding carboxylic acids is 1. The van der Waals surface area contributed by atoms with E-state index in [1.807, 2.05) is 32.0 Å². The van der Waals surface area contributed by atoms with Gasteiger partial charge in [-0.2, -0.15) is 5.26 Å². The Hall–Kier alpha value is -2.48. The predicted molar refractivity (Wildman–Crippen MR) is 81.2 cm³/mol. The molecule has 2 rings (SSSR count). The Morgan fingerprint density at radius 2 is 2.24 bits per heavy atom. The lowest BCUT2D eigenvalue weighted by Gasteiger charge is -2.08. The Balaban J connectivity index is 2.18. The fourth-order valence-electron chi connectivity index (χ4n) is 2.18. The molecule has 2 aromatic rings. The molecule has 0 radical (unpaired) electrons. The molecule has 110 valence electrons. The summed E-state index contributed by atoms with van der Waals surface area (Å²) >= 11 is 0. The van der Waals surface area contributed by atoms with E-state index in [2.05, 4.69) is 16.4 Å². The highest BCUT2D eigenvalue weighted by molar-refractivity contribution is 5.98. The van der Waals surface area contributed by atoms with Gasteiger partial charge in [0, 0.05) is 17.0 Å². The lowest BCUT2D eigenvalue weighted by molar-refractivity contribution is 0.0939. The molecule has 0 spiro atoms. The molecule has 0 saturated carbocycles. The van der Waals surface area contributed by atoms with Crippen molar-refractivity contribution in [1.82, 2.24) is 10.3 Å². The highest BCUT2D eigenvalue weighted by Gasteiger charge is 2.14. The third-order valence-electron chi connectivity index (χ3n) is 3.19. The fourth-order valence-corrected chi connectivity index (χ4v) is 2.18. The fraction of sp³-hybridized carbons (Fsp3) is 0.375. The number of aromatic nitrogens is 1. The number of ether oxygens (including phenoxy) is 1. The molecule has 0 aliphatic carbocycles. The minimum absolute atomic E-state index is 0.260. The lowest BCUT2D eigenvalue weighted by Crippen LogP contribution is -2.33. The van der Waals surface area contributed by atoms with E-state index in [4.69, 9.17) is 10.00 Å². The first kappa shape index (κ1) is 14.9. The molecule has 21 heavy (non-hydrogen) atoms. The van der Waals surface area contributed by atoms with Gasteiger partial charge in [-0.05, 0) is 31.5 Å². The third kappa shape index (κ3) is 3.54. The van der Waals surface area contributed by atoms with E-state index in [-0.39, 0.29) is 5.91 Å². The van der Waals surface area contributed by atoms with Crippen LogP contribution in [0.1, 0.15) is 37.2 Å². The third-order valence-corrected chi connectivity index (χ3v) is 3.19. The summed E-state index contributed by atoms with van der Waals surface area (Å²) < 4.78 is 5.43. The summed E-state index contributed by atoms with van der Waals surface area (Å²) in [6, 6.07) is 9.07. The number of fused-ring (bicyclic) bond motifs is 1. The van der Waals surface area contributed by atoms with E-state index in [0.29, 0.717) is 18.7 Å². The number of hydrogen-bond donors (Lipinski definition) is 2. The molecule has 0 saturated heterocycles. The SMILES string of the molecule is CCC[C@H](C#N)NC(=O)c1cc2ccc(OCC)cc2[nH]1. The Kier molecular flexibility index (Phi) is 4.83. The van der Waals surface area contributed by atoms with Gasteiger partial charge in [-0.3, -0.25) is 4.79 Å². The standard InChI is InChI=1S/C16H19N3O2/c1-3-5-12(10-17)18-16(20)15-8-11-6-7-13(21-4-2)9-14(11)19-15/h6-9,12,19H,3-5H2,1-2H3,(H,18,20)/t12-/m1/s1. The largest absolute Gasteiger partial charge is 0.494 e. The topological polar surface area (TPSA) is 77.9 Å². The van der Waals surface area contributed by atoms with Crippen LogP contribution in [0.2, 0.25) is 0 Å². The molecule has 1 aromatic carbocycles. The first-order chi connectivity index (χ1) is 10.2. The number of aromatic amines is 1. The number of rotatable bonds is 6. The van der Waals surface area contributed by atoms with E-state index in [1.165, 1.54) is 0 Å². The van der Waals surface area contributed by atoms with Crippen LogP contribution in [0.15, 0.2) is 24.3 Å². The van der Waals surface area contributed by atoms with E-state index >= 15 is 0 Å². The van der Waals surface area contributed by atoms with Gasteiger partial charge in [0.1, 0.15) is 17.5 Å². The number of carbonyl (C=O) groups is 1. The zero-order valence-electron chi connectivity index (χ0n) is 12.3. The van der Waals surface area contributed by atoms with Crippen LogP contribution in [0.4, 0.5) is 0 Å². The highest BCUT2D eigenvalue weighted by atomic mass is 16.5. The summed E-state index contributed by atoms with van der Waals surface area (Å²) in [5.74, 6) is 0.504. The van der Waals surface area contributed by atoms with Crippen LogP contribution >= 0.6 is 0 Å². The Morgan fingerprint density at radius 1 is 1.43 bits per heavy atom. The lowest BCUT2D eigenvalue weighted by atomic mass is 10.2. The molecule has 1 atom stereocenters. The van der Waals surface area contributed by atoms with Gasteiger partial charge in [0.2, 0.25) is 0 Å². The van der Waals surface area contributed by atoms with Gasteiger partial charge in [0.05, 0.1) is 12.7 Å². The Morgan fingerprint density at radius 3 is 2.90 bits per heavy atom. The van der Waals surface area contributed by atoms with Crippen LogP contribution < -0.4 is 10.1 Å². The van der Waals surface area contributed by atoms with Crippen LogP contribution in [0, 0.1) is 11.3 Å². The molecule has 0 unspecified atom stereocenters. The molecule has 0 fully saturated rings. The summed E-state index contributed by atoms with van der Waals surface area (Å²) in [5.41, 5.74) is 1.30. The quantitative estimate of drug-likeness (QED) is 0.856. The van der Waals surface area contributed by atoms with Crippen LogP contribution in [-0.4, -0.2) is 23.5 Å². The van der Waals surface area contributed by atoms with E-state index in [9.17, 15) is 4.79 Å². The van der Waals surface area contributed by atoms with Gasteiger partial charge in [-0.1, -0.05) is 13.3 Å². The van der Waals surface area contributed by atoms with Crippen molar-refractivity contribution in [2.45, 2.75) is 32.7 Å². The predicted octanol–water partition coefficient (Wildman–Crippen LogP) is 2.99. The maximum atomic E-state index is 12.1. The smallest absolute Gasteiger partial charge is 0.268 e. The number of nitriles is 1. The van der Waals surface area contributed by atoms with Crippen molar-refractivity contribution in [3.8, 4) is 11.8 Å². The van der Waals surface area contributed by atoms with Crippen molar-refractivity contribution < 1.29 is 9.53 Å². The molecule has 5 heteroatoms. The van der Waals surface area contributed by atoms with Crippen molar-refractivity contribution in [2.75, 3.05) is 6.61 Å². The molecule has 1 heterocycles. The first-order valence-corrected chi connectivity index (χ1v) is 7.14. The van der Waals surface area contributed by atoms with Gasteiger partial charge in [0.25, 0.3) is 5.91 Å². The second-order valence-electron chi connectivity index (χ2n) is 4.81. The first-order valence-electron chi connectivity index (χ1n) is 7.14. The number of nitrogens with zero attached hydrogens (tertiary/aromatic N) is 1. The number of nitrogens with one attached hydrogen (secondary N) is 2. The van der Waals surface area contributed by atoms with E-state index in [1.54, 1.807) is 6.07 Å². The van der Waals surface area contributed by atoms with Crippen molar-refractivity contribution in [1.29, 1.82) is 5.26 Å². The molecule has 0 aliphatic heterocycles. The Bertz CT molecular complexity index is 670. The maximum absolute atomic E-state index is 12.1. The van der Waals surface area contributed by atoms with Crippen LogP contribution in [0.5, 0.6) is 5.75 Å². The molecule has 1 aromatic heterocycles. The van der Waals surface area contributed by atoms with Crippen LogP contribution in [0.3, 0.4) is 0 Å². The van der Waals surface area contributed by atoms with Crippen molar-refractivity contribution in [3.63, 3.8) is 0 Å². The molecular weight excluding hydrogens is 266 g/mol. The van der Waals surface area contributed by atoms with Crippen LogP contribution in [-0.2, 0) is 0 Å². The van der Waals surface area contributed by atoms with Crippen molar-refractivity contribution in [3.05, 3.63) is 30.0 Å². The highest BCUT2D eigenvalue weighted by Crippen LogP contribution is 2.21. The number of H-pyrrole nitrogens is 1. The summed E-state index contributed by atoms with van der Waals surface area (Å²) in [7, 11) is 0. The number of amides is 1. The molecule has 0 bridgehead atoms. The van der Waals surface area contributed by atoms with Crippen LogP contribution in [0.25, 0.3) is 10.9 Å². The average Bonchev–Trinajstić information content (AvgIpc) is 2.90. The summed E-state index contributed by atoms with van der Waals surface area (Å²) in [5, 5.41) is 12.7. The van der Waals surface area contributed by atoms with E-state index < -0.39 is 6.04 Å². The summed E-state index contributed by atoms with van der Waals surface area (Å²) in [6.45, 7) is 4.50. The normalized spacial score (nSPS) is 11.9. The molecular formula is C16H19N3O2. The average molecular weight is 285 g/mol. The Labute approximate surface area is 123 Å². The maximum Gasteiger partial charge on any atom is 0.268 e. The van der Waals surface area contributed by atoms with Gasteiger partial charge >= 0.3 is 0 Å². The molecule has 0 aliphatic rings. The van der Waals surface area contributed by atoms with Crippen molar-refractivity contribution >= 4 is 16.8 Å². The second kappa shape index (κ2) is 6.80. The van der Waals surface area contributed by atoms with Crippen molar-refractivity contribution in [2.24, 2.45) is 0 Å². The molecule has 1 amide bonds. The van der Waals surface area contributed by atoms with Gasteiger partial charge in [-0.15, -0.1) is 0 Å². The molecule has 5 nitrogen and oxygen atoms in total. The van der Waals surface area contributed by atoms with Gasteiger partial charge in [0.15, 0.2) is 0 Å². The summed E-state index contributed by atoms with van der Waals surface area (Å²) in [4.78, 5) is 15.2. The van der Waals surface area contributed by atoms with Gasteiger partial charge in [-0.25, -0.2) is 0 Å². The van der Waals surface area contributed by atoms with Gasteiger partial charge < -0.3 is 15.0 Å². The minimum Gasteiger partial charge on any atom is -0.494 e. The zero-order valence-corrected chi connectivity index (χ0v) is 12.3.